The summed E-state index contributed by atoms with van der Waals surface area (Å²) in [7, 11) is 3.33. The third kappa shape index (κ3) is 3.26. The van der Waals surface area contributed by atoms with Gasteiger partial charge in [-0.15, -0.1) is 20.2 Å². The normalized spacial score (nSPS) is 11.4. The minimum Gasteiger partial charge on any atom is -0.405 e. The first-order valence-electron chi connectivity index (χ1n) is 3.86. The molecule has 5 heteroatoms. The fraction of sp³-hybridized carbons (Fsp3) is 0.222. The first-order chi connectivity index (χ1) is 6.53. The zero-order valence-corrected chi connectivity index (χ0v) is 7.27. The predicted molar refractivity (Wildman–Crippen MR) is 43.1 cm³/mol. The largest absolute Gasteiger partial charge is 0.573 e. The number of hydrogen-bond acceptors (Lipinski definition) is 2. The molecular formula is C9H9F3NO. The lowest BCUT2D eigenvalue weighted by molar-refractivity contribution is -0.612. The molecule has 0 aliphatic rings. The fourth-order valence-corrected chi connectivity index (χ4v) is 1.01. The second kappa shape index (κ2) is 4.32. The highest BCUT2D eigenvalue weighted by Crippen LogP contribution is 2.25. The number of rotatable bonds is 3. The lowest BCUT2D eigenvalue weighted by atomic mass is 10.2. The van der Waals surface area contributed by atoms with Crippen molar-refractivity contribution in [3.05, 3.63) is 36.9 Å². The van der Waals surface area contributed by atoms with Crippen molar-refractivity contribution in [3.8, 4) is 5.75 Å². The Labute approximate surface area is 79.7 Å². The smallest absolute Gasteiger partial charge is 0.405 e. The molecule has 0 aromatic heterocycles. The molecule has 1 N–H and O–H groups in total. The van der Waals surface area contributed by atoms with Crippen LogP contribution in [0.5, 0.6) is 5.75 Å². The molecule has 0 unspecified atom stereocenters. The summed E-state index contributed by atoms with van der Waals surface area (Å²) >= 11 is 0. The van der Waals surface area contributed by atoms with E-state index in [4.69, 9.17) is 0 Å². The molecule has 0 amide bonds. The lowest BCUT2D eigenvalue weighted by Gasteiger charge is -2.11. The summed E-state index contributed by atoms with van der Waals surface area (Å²) in [6.07, 6.45) is -4.66. The molecule has 0 fully saturated rings. The van der Waals surface area contributed by atoms with E-state index in [0.29, 0.717) is 5.56 Å². The summed E-state index contributed by atoms with van der Waals surface area (Å²) in [6.45, 7) is 0.228. The number of nitrogens with one attached hydrogen (secondary N) is 1. The topological polar surface area (TPSA) is 24.8 Å². The monoisotopic (exact) mass is 204 g/mol. The highest BCUT2D eigenvalue weighted by molar-refractivity contribution is 5.32. The van der Waals surface area contributed by atoms with Gasteiger partial charge in [0.05, 0.1) is 5.56 Å². The zero-order valence-electron chi connectivity index (χ0n) is 7.27. The quantitative estimate of drug-likeness (QED) is 0.736. The fourth-order valence-electron chi connectivity index (χ4n) is 1.01. The number of ether oxygens (including phenoxy) is 1. The highest BCUT2D eigenvalue weighted by Gasteiger charge is 2.32. The van der Waals surface area contributed by atoms with Crippen LogP contribution in [0.3, 0.4) is 0 Å². The first-order valence-corrected chi connectivity index (χ1v) is 3.86. The molecule has 14 heavy (non-hydrogen) atoms. The molecule has 77 valence electrons. The van der Waals surface area contributed by atoms with Gasteiger partial charge in [0.2, 0.25) is 0 Å². The van der Waals surface area contributed by atoms with Gasteiger partial charge < -0.3 is 10.1 Å². The van der Waals surface area contributed by atoms with Crippen LogP contribution in [0, 0.1) is 7.05 Å². The van der Waals surface area contributed by atoms with Gasteiger partial charge in [0, 0.05) is 0 Å². The Morgan fingerprint density at radius 2 is 1.93 bits per heavy atom. The minimum absolute atomic E-state index is 0.198. The van der Waals surface area contributed by atoms with E-state index in [-0.39, 0.29) is 12.3 Å². The summed E-state index contributed by atoms with van der Waals surface area (Å²) in [4.78, 5) is 0. The number of benzene rings is 1. The molecule has 0 saturated carbocycles. The van der Waals surface area contributed by atoms with E-state index < -0.39 is 6.36 Å². The van der Waals surface area contributed by atoms with Gasteiger partial charge in [0.25, 0.3) is 0 Å². The first kappa shape index (κ1) is 10.8. The van der Waals surface area contributed by atoms with E-state index in [1.54, 1.807) is 12.1 Å². The molecule has 0 aliphatic heterocycles. The van der Waals surface area contributed by atoms with Crippen LogP contribution in [0.25, 0.3) is 0 Å². The summed E-state index contributed by atoms with van der Waals surface area (Å²) in [6, 6.07) is 5.92. The van der Waals surface area contributed by atoms with Crippen LogP contribution in [0.4, 0.5) is 13.2 Å². The van der Waals surface area contributed by atoms with Crippen molar-refractivity contribution >= 4 is 0 Å². The van der Waals surface area contributed by atoms with Gasteiger partial charge in [0.1, 0.15) is 12.3 Å². The van der Waals surface area contributed by atoms with Gasteiger partial charge in [0.15, 0.2) is 0 Å². The maximum absolute atomic E-state index is 11.9. The van der Waals surface area contributed by atoms with Crippen molar-refractivity contribution in [1.82, 2.24) is 0 Å². The van der Waals surface area contributed by atoms with Crippen molar-refractivity contribution < 1.29 is 23.2 Å². The van der Waals surface area contributed by atoms with Crippen LogP contribution in [0.1, 0.15) is 5.56 Å². The number of alkyl halides is 3. The summed E-state index contributed by atoms with van der Waals surface area (Å²) in [5.41, 5.74) is 0.417. The van der Waals surface area contributed by atoms with Crippen molar-refractivity contribution in [2.24, 2.45) is 0 Å². The van der Waals surface area contributed by atoms with Crippen LogP contribution in [0.15, 0.2) is 24.3 Å². The number of hydrogen-bond donors (Lipinski definition) is 1. The van der Waals surface area contributed by atoms with E-state index >= 15 is 0 Å². The molecule has 0 aliphatic carbocycles. The van der Waals surface area contributed by atoms with Crippen LogP contribution in [-0.2, 0) is 6.54 Å². The third-order valence-corrected chi connectivity index (χ3v) is 1.51. The molecule has 1 rings (SSSR count). The summed E-state index contributed by atoms with van der Waals surface area (Å²) < 4.78 is 39.5. The molecule has 0 saturated heterocycles. The Morgan fingerprint density at radius 3 is 2.50 bits per heavy atom. The van der Waals surface area contributed by atoms with Gasteiger partial charge in [-0.3, -0.25) is 0 Å². The number of para-hydroxylation sites is 1. The van der Waals surface area contributed by atoms with Crippen LogP contribution in [0.2, 0.25) is 0 Å². The van der Waals surface area contributed by atoms with E-state index in [0.717, 1.165) is 0 Å². The Kier molecular flexibility index (Phi) is 3.35. The molecule has 0 bridgehead atoms. The van der Waals surface area contributed by atoms with Crippen molar-refractivity contribution in [3.63, 3.8) is 0 Å². The van der Waals surface area contributed by atoms with E-state index in [2.05, 4.69) is 17.1 Å². The van der Waals surface area contributed by atoms with E-state index in [1.165, 1.54) is 12.1 Å². The van der Waals surface area contributed by atoms with E-state index in [9.17, 15) is 13.2 Å². The molecule has 1 aromatic rings. The highest BCUT2D eigenvalue weighted by atomic mass is 19.4. The Bertz CT molecular complexity index is 298. The van der Waals surface area contributed by atoms with Gasteiger partial charge in [-0.2, -0.15) is 0 Å². The van der Waals surface area contributed by atoms with Crippen molar-refractivity contribution in [2.75, 3.05) is 0 Å². The van der Waals surface area contributed by atoms with Gasteiger partial charge in [-0.25, -0.2) is 0 Å². The Morgan fingerprint density at radius 1 is 1.29 bits per heavy atom. The molecule has 0 atom stereocenters. The van der Waals surface area contributed by atoms with Gasteiger partial charge in [-0.1, -0.05) is 12.1 Å². The summed E-state index contributed by atoms with van der Waals surface area (Å²) in [5, 5.41) is 2.51. The maximum Gasteiger partial charge on any atom is 0.573 e. The van der Waals surface area contributed by atoms with Crippen LogP contribution in [-0.4, -0.2) is 6.36 Å². The Balaban J connectivity index is 2.84. The average molecular weight is 204 g/mol. The number of halogens is 3. The van der Waals surface area contributed by atoms with Gasteiger partial charge in [-0.05, 0) is 12.1 Å². The Hall–Kier alpha value is -1.23. The van der Waals surface area contributed by atoms with E-state index in [1.807, 2.05) is 0 Å². The van der Waals surface area contributed by atoms with Crippen molar-refractivity contribution in [2.45, 2.75) is 12.9 Å². The minimum atomic E-state index is -4.66. The van der Waals surface area contributed by atoms with Crippen LogP contribution < -0.4 is 10.1 Å². The standard InChI is InChI=1S/C9H9F3NO/c1-13-6-7-4-2-3-5-8(7)14-9(10,11)12/h2-5,13H,1,6H2. The molecular weight excluding hydrogens is 195 g/mol. The second-order valence-corrected chi connectivity index (χ2v) is 2.58. The molecule has 1 radical (unpaired) electrons. The molecule has 2 nitrogen and oxygen atoms in total. The second-order valence-electron chi connectivity index (χ2n) is 2.58. The lowest BCUT2D eigenvalue weighted by Crippen LogP contribution is -2.74. The maximum atomic E-state index is 11.9. The molecule has 0 heterocycles. The third-order valence-electron chi connectivity index (χ3n) is 1.51. The summed E-state index contributed by atoms with van der Waals surface area (Å²) in [5.74, 6) is -0.198. The average Bonchev–Trinajstić information content (AvgIpc) is 2.06. The SMILES string of the molecule is [CH2-][NH+]Cc1ccccc1OC(F)(F)F. The van der Waals surface area contributed by atoms with Gasteiger partial charge >= 0.3 is 6.36 Å². The van der Waals surface area contributed by atoms with Crippen molar-refractivity contribution in [1.29, 1.82) is 0 Å². The zero-order chi connectivity index (χ0) is 10.6. The van der Waals surface area contributed by atoms with Crippen LogP contribution >= 0.6 is 0 Å². The molecule has 1 aromatic carbocycles. The molecule has 0 spiro atoms. The predicted octanol–water partition coefficient (Wildman–Crippen LogP) is 1.23.